The van der Waals surface area contributed by atoms with Crippen LogP contribution in [0.3, 0.4) is 0 Å². The maximum Gasteiger partial charge on any atom is 0.306 e. The molecule has 4 nitrogen and oxygen atoms in total. The number of aliphatic hydroxyl groups excluding tert-OH is 1. The topological polar surface area (TPSA) is 69.6 Å². The minimum absolute atomic E-state index is 0.212. The maximum atomic E-state index is 10.4. The molecule has 106 valence electrons. The molecule has 0 aliphatic rings. The van der Waals surface area contributed by atoms with E-state index in [-0.39, 0.29) is 6.42 Å². The van der Waals surface area contributed by atoms with Gasteiger partial charge in [0.2, 0.25) is 0 Å². The number of nitrogens with one attached hydrogen (secondary N) is 1. The first-order chi connectivity index (χ1) is 8.99. The van der Waals surface area contributed by atoms with Crippen molar-refractivity contribution in [3.63, 3.8) is 0 Å². The lowest BCUT2D eigenvalue weighted by Gasteiger charge is -2.10. The van der Waals surface area contributed by atoms with Gasteiger partial charge in [-0.15, -0.1) is 0 Å². The average molecular weight is 265 g/mol. The highest BCUT2D eigenvalue weighted by atomic mass is 16.4. The summed E-state index contributed by atoms with van der Waals surface area (Å²) < 4.78 is 0. The van der Waals surface area contributed by atoms with Gasteiger partial charge in [-0.1, -0.05) is 38.1 Å². The van der Waals surface area contributed by atoms with Crippen LogP contribution in [0.5, 0.6) is 0 Å². The van der Waals surface area contributed by atoms with Crippen molar-refractivity contribution in [2.75, 3.05) is 13.1 Å². The molecule has 1 atom stereocenters. The van der Waals surface area contributed by atoms with Crippen molar-refractivity contribution in [2.45, 2.75) is 38.7 Å². The molecule has 0 saturated carbocycles. The maximum absolute atomic E-state index is 10.4. The molecule has 0 bridgehead atoms. The average Bonchev–Trinajstić information content (AvgIpc) is 2.34. The molecule has 4 heteroatoms. The van der Waals surface area contributed by atoms with Crippen molar-refractivity contribution < 1.29 is 15.0 Å². The third kappa shape index (κ3) is 6.36. The quantitative estimate of drug-likeness (QED) is 0.627. The van der Waals surface area contributed by atoms with Crippen LogP contribution in [0.15, 0.2) is 24.3 Å². The van der Waals surface area contributed by atoms with Crippen LogP contribution in [0.1, 0.15) is 37.3 Å². The summed E-state index contributed by atoms with van der Waals surface area (Å²) in [5.74, 6) is -0.433. The van der Waals surface area contributed by atoms with Gasteiger partial charge >= 0.3 is 5.97 Å². The van der Waals surface area contributed by atoms with E-state index in [1.165, 1.54) is 11.1 Å². The van der Waals surface area contributed by atoms with Crippen molar-refractivity contribution >= 4 is 5.97 Å². The Bertz CT molecular complexity index is 387. The summed E-state index contributed by atoms with van der Waals surface area (Å²) >= 11 is 0. The standard InChI is InChI=1S/C15H23NO3/c1-11(2)13-5-3-12(4-6-13)7-8-16-10-14(17)9-15(18)19/h3-6,11,14,16-17H,7-10H2,1-2H3,(H,18,19). The second-order valence-corrected chi connectivity index (χ2v) is 5.10. The minimum atomic E-state index is -0.974. The fourth-order valence-corrected chi connectivity index (χ4v) is 1.84. The van der Waals surface area contributed by atoms with Gasteiger partial charge in [0, 0.05) is 6.54 Å². The predicted molar refractivity (Wildman–Crippen MR) is 75.4 cm³/mol. The van der Waals surface area contributed by atoms with E-state index in [9.17, 15) is 9.90 Å². The second kappa shape index (κ2) is 7.92. The van der Waals surface area contributed by atoms with E-state index in [0.29, 0.717) is 12.5 Å². The van der Waals surface area contributed by atoms with E-state index in [1.807, 2.05) is 0 Å². The molecule has 19 heavy (non-hydrogen) atoms. The lowest BCUT2D eigenvalue weighted by atomic mass is 10.0. The van der Waals surface area contributed by atoms with Crippen LogP contribution in [0, 0.1) is 0 Å². The molecule has 1 unspecified atom stereocenters. The summed E-state index contributed by atoms with van der Waals surface area (Å²) in [5, 5.41) is 20.9. The van der Waals surface area contributed by atoms with E-state index >= 15 is 0 Å². The summed E-state index contributed by atoms with van der Waals surface area (Å²) in [4.78, 5) is 10.4. The van der Waals surface area contributed by atoms with Gasteiger partial charge in [0.15, 0.2) is 0 Å². The molecule has 0 aliphatic carbocycles. The molecule has 0 radical (unpaired) electrons. The molecule has 0 aliphatic heterocycles. The number of rotatable bonds is 8. The molecule has 0 spiro atoms. The Morgan fingerprint density at radius 3 is 2.42 bits per heavy atom. The van der Waals surface area contributed by atoms with Gasteiger partial charge in [0.25, 0.3) is 0 Å². The fraction of sp³-hybridized carbons (Fsp3) is 0.533. The van der Waals surface area contributed by atoms with E-state index in [0.717, 1.165) is 13.0 Å². The van der Waals surface area contributed by atoms with Gasteiger partial charge in [-0.2, -0.15) is 0 Å². The first-order valence-electron chi connectivity index (χ1n) is 6.68. The number of carbonyl (C=O) groups is 1. The zero-order valence-corrected chi connectivity index (χ0v) is 11.6. The van der Waals surface area contributed by atoms with Gasteiger partial charge in [0.1, 0.15) is 0 Å². The normalized spacial score (nSPS) is 12.6. The summed E-state index contributed by atoms with van der Waals surface area (Å²) in [5.41, 5.74) is 2.57. The zero-order chi connectivity index (χ0) is 14.3. The molecule has 0 amide bonds. The number of aliphatic carboxylic acids is 1. The molecule has 1 rings (SSSR count). The van der Waals surface area contributed by atoms with Crippen LogP contribution >= 0.6 is 0 Å². The molecule has 1 aromatic rings. The smallest absolute Gasteiger partial charge is 0.306 e. The highest BCUT2D eigenvalue weighted by Crippen LogP contribution is 2.14. The molecular formula is C15H23NO3. The van der Waals surface area contributed by atoms with E-state index < -0.39 is 12.1 Å². The third-order valence-electron chi connectivity index (χ3n) is 3.03. The molecule has 1 aromatic carbocycles. The first-order valence-corrected chi connectivity index (χ1v) is 6.68. The monoisotopic (exact) mass is 265 g/mol. The molecular weight excluding hydrogens is 242 g/mol. The van der Waals surface area contributed by atoms with Crippen LogP contribution in [0.25, 0.3) is 0 Å². The summed E-state index contributed by atoms with van der Waals surface area (Å²) in [6, 6.07) is 8.51. The molecule has 0 saturated heterocycles. The highest BCUT2D eigenvalue weighted by Gasteiger charge is 2.08. The number of carboxylic acids is 1. The Morgan fingerprint density at radius 2 is 1.89 bits per heavy atom. The van der Waals surface area contributed by atoms with Gasteiger partial charge in [-0.05, 0) is 30.0 Å². The lowest BCUT2D eigenvalue weighted by molar-refractivity contribution is -0.139. The summed E-state index contributed by atoms with van der Waals surface area (Å²) in [6.07, 6.45) is -0.158. The fourth-order valence-electron chi connectivity index (χ4n) is 1.84. The number of carboxylic acid groups (broad SMARTS) is 1. The van der Waals surface area contributed by atoms with E-state index in [1.54, 1.807) is 0 Å². The highest BCUT2D eigenvalue weighted by molar-refractivity contribution is 5.67. The minimum Gasteiger partial charge on any atom is -0.481 e. The molecule has 3 N–H and O–H groups in total. The predicted octanol–water partition coefficient (Wildman–Crippen LogP) is 1.78. The van der Waals surface area contributed by atoms with Crippen molar-refractivity contribution in [2.24, 2.45) is 0 Å². The van der Waals surface area contributed by atoms with Crippen LogP contribution in [-0.4, -0.2) is 35.4 Å². The summed E-state index contributed by atoms with van der Waals surface area (Å²) in [7, 11) is 0. The van der Waals surface area contributed by atoms with Gasteiger partial charge in [0.05, 0.1) is 12.5 Å². The van der Waals surface area contributed by atoms with Crippen molar-refractivity contribution in [1.82, 2.24) is 5.32 Å². The van der Waals surface area contributed by atoms with Crippen LogP contribution < -0.4 is 5.32 Å². The Morgan fingerprint density at radius 1 is 1.26 bits per heavy atom. The van der Waals surface area contributed by atoms with Crippen molar-refractivity contribution in [3.05, 3.63) is 35.4 Å². The largest absolute Gasteiger partial charge is 0.481 e. The Labute approximate surface area is 114 Å². The van der Waals surface area contributed by atoms with E-state index in [4.69, 9.17) is 5.11 Å². The van der Waals surface area contributed by atoms with Crippen LogP contribution in [-0.2, 0) is 11.2 Å². The SMILES string of the molecule is CC(C)c1ccc(CCNCC(O)CC(=O)O)cc1. The summed E-state index contributed by atoms with van der Waals surface area (Å²) in [6.45, 7) is 5.38. The number of benzene rings is 1. The second-order valence-electron chi connectivity index (χ2n) is 5.10. The Kier molecular flexibility index (Phi) is 6.53. The Hall–Kier alpha value is -1.39. The first kappa shape index (κ1) is 15.7. The number of aliphatic hydroxyl groups is 1. The van der Waals surface area contributed by atoms with Gasteiger partial charge in [-0.3, -0.25) is 4.79 Å². The van der Waals surface area contributed by atoms with Gasteiger partial charge < -0.3 is 15.5 Å². The molecule has 0 fully saturated rings. The van der Waals surface area contributed by atoms with Crippen molar-refractivity contribution in [1.29, 1.82) is 0 Å². The molecule has 0 aromatic heterocycles. The van der Waals surface area contributed by atoms with Crippen LogP contribution in [0.2, 0.25) is 0 Å². The lowest BCUT2D eigenvalue weighted by Crippen LogP contribution is -2.30. The van der Waals surface area contributed by atoms with Gasteiger partial charge in [-0.25, -0.2) is 0 Å². The van der Waals surface area contributed by atoms with E-state index in [2.05, 4.69) is 43.4 Å². The molecule has 0 heterocycles. The van der Waals surface area contributed by atoms with Crippen LogP contribution in [0.4, 0.5) is 0 Å². The zero-order valence-electron chi connectivity index (χ0n) is 11.6. The number of hydrogen-bond donors (Lipinski definition) is 3. The van der Waals surface area contributed by atoms with Crippen molar-refractivity contribution in [3.8, 4) is 0 Å². The third-order valence-corrected chi connectivity index (χ3v) is 3.03. The Balaban J connectivity index is 2.24. The number of hydrogen-bond acceptors (Lipinski definition) is 3.